The van der Waals surface area contributed by atoms with E-state index in [-0.39, 0.29) is 17.9 Å². The summed E-state index contributed by atoms with van der Waals surface area (Å²) >= 11 is 0. The number of carbonyl (C=O) groups is 2. The van der Waals surface area contributed by atoms with Gasteiger partial charge in [0, 0.05) is 18.7 Å². The van der Waals surface area contributed by atoms with Gasteiger partial charge in [0.2, 0.25) is 11.8 Å². The van der Waals surface area contributed by atoms with Crippen molar-refractivity contribution in [3.8, 4) is 0 Å². The summed E-state index contributed by atoms with van der Waals surface area (Å²) in [5, 5.41) is 2.90. The average Bonchev–Trinajstić information content (AvgIpc) is 3.13. The Morgan fingerprint density at radius 3 is 2.37 bits per heavy atom. The maximum Gasteiger partial charge on any atom is 0.416 e. The molecule has 0 aliphatic carbocycles. The van der Waals surface area contributed by atoms with Crippen molar-refractivity contribution in [1.82, 2.24) is 5.32 Å². The van der Waals surface area contributed by atoms with Gasteiger partial charge in [0.1, 0.15) is 0 Å². The molecule has 30 heavy (non-hydrogen) atoms. The van der Waals surface area contributed by atoms with E-state index in [4.69, 9.17) is 0 Å². The zero-order chi connectivity index (χ0) is 22.1. The molecule has 160 valence electrons. The third-order valence-electron chi connectivity index (χ3n) is 5.58. The van der Waals surface area contributed by atoms with Gasteiger partial charge in [-0.25, -0.2) is 0 Å². The van der Waals surface area contributed by atoms with E-state index in [0.717, 1.165) is 29.8 Å². The molecule has 0 aromatic heterocycles. The van der Waals surface area contributed by atoms with Crippen molar-refractivity contribution in [2.24, 2.45) is 0 Å². The zero-order valence-electron chi connectivity index (χ0n) is 17.2. The molecule has 2 amide bonds. The first-order valence-corrected chi connectivity index (χ1v) is 9.89. The molecular weight excluding hydrogens is 393 g/mol. The van der Waals surface area contributed by atoms with E-state index in [9.17, 15) is 22.8 Å². The van der Waals surface area contributed by atoms with Crippen LogP contribution in [0.2, 0.25) is 0 Å². The van der Waals surface area contributed by atoms with E-state index in [0.29, 0.717) is 18.5 Å². The second kappa shape index (κ2) is 8.13. The summed E-state index contributed by atoms with van der Waals surface area (Å²) in [6, 6.07) is 11.9. The Morgan fingerprint density at radius 1 is 1.07 bits per heavy atom. The topological polar surface area (TPSA) is 49.4 Å². The number of benzene rings is 2. The van der Waals surface area contributed by atoms with Crippen LogP contribution in [-0.2, 0) is 21.2 Å². The minimum absolute atomic E-state index is 0.0783. The van der Waals surface area contributed by atoms with Gasteiger partial charge in [-0.05, 0) is 56.5 Å². The van der Waals surface area contributed by atoms with Crippen LogP contribution in [0.15, 0.2) is 48.5 Å². The summed E-state index contributed by atoms with van der Waals surface area (Å²) in [6.45, 7) is 5.68. The predicted molar refractivity (Wildman–Crippen MR) is 109 cm³/mol. The lowest BCUT2D eigenvalue weighted by Crippen LogP contribution is -2.41. The van der Waals surface area contributed by atoms with Gasteiger partial charge in [-0.1, -0.05) is 30.3 Å². The Hall–Kier alpha value is -2.83. The summed E-state index contributed by atoms with van der Waals surface area (Å²) in [5.41, 5.74) is -0.0399. The third kappa shape index (κ3) is 4.50. The smallest absolute Gasteiger partial charge is 0.349 e. The maximum atomic E-state index is 13.1. The first-order valence-electron chi connectivity index (χ1n) is 9.89. The van der Waals surface area contributed by atoms with E-state index in [1.165, 1.54) is 12.1 Å². The monoisotopic (exact) mass is 418 g/mol. The van der Waals surface area contributed by atoms with Gasteiger partial charge in [0.05, 0.1) is 17.0 Å². The van der Waals surface area contributed by atoms with E-state index in [2.05, 4.69) is 5.32 Å². The van der Waals surface area contributed by atoms with Gasteiger partial charge in [0.15, 0.2) is 0 Å². The summed E-state index contributed by atoms with van der Waals surface area (Å²) < 4.78 is 39.2. The molecule has 0 spiro atoms. The Balaban J connectivity index is 1.77. The van der Waals surface area contributed by atoms with Crippen molar-refractivity contribution in [3.63, 3.8) is 0 Å². The molecule has 0 radical (unpaired) electrons. The molecule has 0 saturated carbocycles. The standard InChI is InChI=1S/C23H25F3N2O2/c1-15(16-7-4-10-19(13-16)28-12-6-11-20(28)29)27-21(30)22(2,3)17-8-5-9-18(14-17)23(24,25)26/h4-5,7-10,13-15H,6,11-12H2,1-3H3,(H,27,30). The lowest BCUT2D eigenvalue weighted by atomic mass is 9.82. The van der Waals surface area contributed by atoms with Crippen molar-refractivity contribution in [2.75, 3.05) is 11.4 Å². The highest BCUT2D eigenvalue weighted by molar-refractivity contribution is 5.95. The average molecular weight is 418 g/mol. The summed E-state index contributed by atoms with van der Waals surface area (Å²) in [6.07, 6.45) is -3.12. The highest BCUT2D eigenvalue weighted by Gasteiger charge is 2.35. The van der Waals surface area contributed by atoms with E-state index in [1.807, 2.05) is 31.2 Å². The quantitative estimate of drug-likeness (QED) is 0.744. The molecule has 1 fully saturated rings. The van der Waals surface area contributed by atoms with Crippen LogP contribution in [0, 0.1) is 0 Å². The number of nitrogens with zero attached hydrogens (tertiary/aromatic N) is 1. The highest BCUT2D eigenvalue weighted by atomic mass is 19.4. The predicted octanol–water partition coefficient (Wildman–Crippen LogP) is 4.99. The van der Waals surface area contributed by atoms with Crippen LogP contribution in [0.4, 0.5) is 18.9 Å². The second-order valence-corrected chi connectivity index (χ2v) is 8.14. The first-order chi connectivity index (χ1) is 14.0. The minimum Gasteiger partial charge on any atom is -0.349 e. The molecule has 1 N–H and O–H groups in total. The van der Waals surface area contributed by atoms with Gasteiger partial charge in [-0.3, -0.25) is 9.59 Å². The Bertz CT molecular complexity index is 953. The molecule has 3 rings (SSSR count). The molecule has 1 unspecified atom stereocenters. The van der Waals surface area contributed by atoms with E-state index >= 15 is 0 Å². The first kappa shape index (κ1) is 21.9. The zero-order valence-corrected chi connectivity index (χ0v) is 17.2. The molecule has 2 aromatic carbocycles. The second-order valence-electron chi connectivity index (χ2n) is 8.14. The van der Waals surface area contributed by atoms with Crippen LogP contribution in [0.5, 0.6) is 0 Å². The number of carbonyl (C=O) groups excluding carboxylic acids is 2. The molecule has 1 atom stereocenters. The van der Waals surface area contributed by atoms with E-state index in [1.54, 1.807) is 18.7 Å². The largest absolute Gasteiger partial charge is 0.416 e. The summed E-state index contributed by atoms with van der Waals surface area (Å²) in [7, 11) is 0. The van der Waals surface area contributed by atoms with Crippen LogP contribution in [-0.4, -0.2) is 18.4 Å². The Labute approximate surface area is 174 Å². The molecule has 4 nitrogen and oxygen atoms in total. The van der Waals surface area contributed by atoms with E-state index < -0.39 is 17.2 Å². The third-order valence-corrected chi connectivity index (χ3v) is 5.58. The Kier molecular flexibility index (Phi) is 5.92. The normalized spacial score (nSPS) is 15.9. The lowest BCUT2D eigenvalue weighted by Gasteiger charge is -2.27. The molecule has 7 heteroatoms. The number of anilines is 1. The van der Waals surface area contributed by atoms with Gasteiger partial charge >= 0.3 is 6.18 Å². The SMILES string of the molecule is CC(NC(=O)C(C)(C)c1cccc(C(F)(F)F)c1)c1cccc(N2CCCC2=O)c1. The van der Waals surface area contributed by atoms with Crippen molar-refractivity contribution in [1.29, 1.82) is 0 Å². The molecule has 1 aliphatic rings. The number of rotatable bonds is 5. The van der Waals surface area contributed by atoms with Crippen LogP contribution in [0.1, 0.15) is 56.3 Å². The van der Waals surface area contributed by atoms with Gasteiger partial charge in [-0.2, -0.15) is 13.2 Å². The molecule has 1 heterocycles. The van der Waals surface area contributed by atoms with Crippen molar-refractivity contribution in [3.05, 3.63) is 65.2 Å². The molecule has 1 aliphatic heterocycles. The number of amides is 2. The Morgan fingerprint density at radius 2 is 1.73 bits per heavy atom. The summed E-state index contributed by atoms with van der Waals surface area (Å²) in [5.74, 6) is -0.300. The fraction of sp³-hybridized carbons (Fsp3) is 0.391. The number of hydrogen-bond donors (Lipinski definition) is 1. The minimum atomic E-state index is -4.47. The fourth-order valence-corrected chi connectivity index (χ4v) is 3.56. The number of hydrogen-bond acceptors (Lipinski definition) is 2. The van der Waals surface area contributed by atoms with Crippen molar-refractivity contribution in [2.45, 2.75) is 51.2 Å². The van der Waals surface area contributed by atoms with Gasteiger partial charge < -0.3 is 10.2 Å². The number of halogens is 3. The van der Waals surface area contributed by atoms with Crippen LogP contribution in [0.25, 0.3) is 0 Å². The van der Waals surface area contributed by atoms with Crippen LogP contribution in [0.3, 0.4) is 0 Å². The maximum absolute atomic E-state index is 13.1. The molecule has 1 saturated heterocycles. The van der Waals surface area contributed by atoms with Gasteiger partial charge in [0.25, 0.3) is 0 Å². The molecule has 0 bridgehead atoms. The van der Waals surface area contributed by atoms with Gasteiger partial charge in [-0.15, -0.1) is 0 Å². The van der Waals surface area contributed by atoms with Crippen molar-refractivity contribution < 1.29 is 22.8 Å². The highest BCUT2D eigenvalue weighted by Crippen LogP contribution is 2.33. The number of nitrogens with one attached hydrogen (secondary N) is 1. The van der Waals surface area contributed by atoms with Crippen LogP contribution >= 0.6 is 0 Å². The summed E-state index contributed by atoms with van der Waals surface area (Å²) in [4.78, 5) is 26.7. The lowest BCUT2D eigenvalue weighted by molar-refractivity contribution is -0.138. The van der Waals surface area contributed by atoms with Crippen LogP contribution < -0.4 is 10.2 Å². The molecular formula is C23H25F3N2O2. The molecule has 2 aromatic rings. The van der Waals surface area contributed by atoms with Crippen molar-refractivity contribution >= 4 is 17.5 Å². The number of alkyl halides is 3. The fourth-order valence-electron chi connectivity index (χ4n) is 3.56.